The van der Waals surface area contributed by atoms with Crippen molar-refractivity contribution in [2.45, 2.75) is 32.6 Å². The number of amides is 1. The molecule has 0 aromatic heterocycles. The van der Waals surface area contributed by atoms with E-state index in [9.17, 15) is 13.2 Å². The first-order valence-corrected chi connectivity index (χ1v) is 6.29. The molecule has 1 amide bonds. The maximum atomic E-state index is 11.0. The van der Waals surface area contributed by atoms with E-state index in [1.165, 1.54) is 0 Å². The summed E-state index contributed by atoms with van der Waals surface area (Å²) >= 11 is 0. The summed E-state index contributed by atoms with van der Waals surface area (Å²) in [6.45, 7) is 1.64. The van der Waals surface area contributed by atoms with Gasteiger partial charge in [-0.1, -0.05) is 13.3 Å². The van der Waals surface area contributed by atoms with E-state index in [4.69, 9.17) is 5.73 Å². The fourth-order valence-corrected chi connectivity index (χ4v) is 1.87. The van der Waals surface area contributed by atoms with E-state index < -0.39 is 9.84 Å². The van der Waals surface area contributed by atoms with Crippen molar-refractivity contribution < 1.29 is 13.2 Å². The molecular formula is C8H17NO3S. The van der Waals surface area contributed by atoms with Gasteiger partial charge in [0.15, 0.2) is 0 Å². The molecule has 0 unspecified atom stereocenters. The zero-order chi connectivity index (χ0) is 10.3. The number of hydrogen-bond acceptors (Lipinski definition) is 3. The summed E-state index contributed by atoms with van der Waals surface area (Å²) < 4.78 is 22.0. The first kappa shape index (κ1) is 12.4. The zero-order valence-electron chi connectivity index (χ0n) is 7.95. The Morgan fingerprint density at radius 3 is 2.31 bits per heavy atom. The Hall–Kier alpha value is -0.580. The Kier molecular flexibility index (Phi) is 5.70. The van der Waals surface area contributed by atoms with Crippen LogP contribution in [0.15, 0.2) is 0 Å². The quantitative estimate of drug-likeness (QED) is 0.616. The normalized spacial score (nSPS) is 11.5. The van der Waals surface area contributed by atoms with Gasteiger partial charge in [-0.2, -0.15) is 0 Å². The van der Waals surface area contributed by atoms with Gasteiger partial charge in [-0.15, -0.1) is 0 Å². The predicted molar refractivity (Wildman–Crippen MR) is 52.0 cm³/mol. The molecule has 5 heteroatoms. The SMILES string of the molecule is CCS(=O)(=O)CCCCCC(N)=O. The van der Waals surface area contributed by atoms with Crippen molar-refractivity contribution in [1.82, 2.24) is 0 Å². The summed E-state index contributed by atoms with van der Waals surface area (Å²) in [7, 11) is -2.84. The van der Waals surface area contributed by atoms with Crippen LogP contribution in [-0.2, 0) is 14.6 Å². The minimum absolute atomic E-state index is 0.197. The van der Waals surface area contributed by atoms with Gasteiger partial charge in [0, 0.05) is 12.2 Å². The molecule has 0 aliphatic rings. The summed E-state index contributed by atoms with van der Waals surface area (Å²) in [5, 5.41) is 0. The first-order chi connectivity index (χ1) is 5.98. The Morgan fingerprint density at radius 1 is 1.23 bits per heavy atom. The van der Waals surface area contributed by atoms with E-state index in [0.717, 1.165) is 6.42 Å². The molecule has 0 radical (unpaired) electrons. The maximum absolute atomic E-state index is 11.0. The molecule has 4 nitrogen and oxygen atoms in total. The number of sulfone groups is 1. The van der Waals surface area contributed by atoms with Crippen LogP contribution >= 0.6 is 0 Å². The standard InChI is InChI=1S/C8H17NO3S/c1-2-13(11,12)7-5-3-4-6-8(9)10/h2-7H2,1H3,(H2,9,10). The molecule has 0 spiro atoms. The van der Waals surface area contributed by atoms with Gasteiger partial charge < -0.3 is 5.73 Å². The first-order valence-electron chi connectivity index (χ1n) is 4.46. The summed E-state index contributed by atoms with van der Waals surface area (Å²) in [4.78, 5) is 10.3. The van der Waals surface area contributed by atoms with Crippen molar-refractivity contribution in [3.63, 3.8) is 0 Å². The minimum atomic E-state index is -2.84. The monoisotopic (exact) mass is 207 g/mol. The molecule has 78 valence electrons. The lowest BCUT2D eigenvalue weighted by atomic mass is 10.2. The summed E-state index contributed by atoms with van der Waals surface area (Å²) in [5.74, 6) is 0.101. The van der Waals surface area contributed by atoms with Crippen molar-refractivity contribution >= 4 is 15.7 Å². The predicted octanol–water partition coefficient (Wildman–Crippen LogP) is 0.467. The van der Waals surface area contributed by atoms with E-state index in [-0.39, 0.29) is 17.4 Å². The summed E-state index contributed by atoms with van der Waals surface area (Å²) in [5.41, 5.74) is 4.93. The number of primary amides is 1. The van der Waals surface area contributed by atoms with E-state index in [2.05, 4.69) is 0 Å². The lowest BCUT2D eigenvalue weighted by Gasteiger charge is -2.00. The number of rotatable bonds is 7. The molecule has 0 fully saturated rings. The Labute approximate surface area is 79.4 Å². The molecule has 0 rings (SSSR count). The van der Waals surface area contributed by atoms with Gasteiger partial charge in [0.2, 0.25) is 5.91 Å². The molecule has 0 bridgehead atoms. The van der Waals surface area contributed by atoms with Gasteiger partial charge in [0.1, 0.15) is 9.84 Å². The highest BCUT2D eigenvalue weighted by Gasteiger charge is 2.06. The fraction of sp³-hybridized carbons (Fsp3) is 0.875. The van der Waals surface area contributed by atoms with Crippen molar-refractivity contribution in [3.8, 4) is 0 Å². The highest BCUT2D eigenvalue weighted by molar-refractivity contribution is 7.91. The zero-order valence-corrected chi connectivity index (χ0v) is 8.77. The average molecular weight is 207 g/mol. The molecule has 0 atom stereocenters. The van der Waals surface area contributed by atoms with Crippen LogP contribution in [0.4, 0.5) is 0 Å². The summed E-state index contributed by atoms with van der Waals surface area (Å²) in [6.07, 6.45) is 2.42. The molecule has 0 saturated carbocycles. The van der Waals surface area contributed by atoms with Crippen LogP contribution in [0.5, 0.6) is 0 Å². The third kappa shape index (κ3) is 7.77. The van der Waals surface area contributed by atoms with Crippen molar-refractivity contribution in [2.75, 3.05) is 11.5 Å². The molecule has 0 saturated heterocycles. The largest absolute Gasteiger partial charge is 0.370 e. The molecule has 0 aromatic rings. The molecule has 2 N–H and O–H groups in total. The van der Waals surface area contributed by atoms with Crippen LogP contribution in [0.25, 0.3) is 0 Å². The Bertz CT molecular complexity index is 246. The lowest BCUT2D eigenvalue weighted by molar-refractivity contribution is -0.118. The van der Waals surface area contributed by atoms with Crippen LogP contribution in [-0.4, -0.2) is 25.8 Å². The topological polar surface area (TPSA) is 77.2 Å². The van der Waals surface area contributed by atoms with Gasteiger partial charge in [-0.25, -0.2) is 8.42 Å². The van der Waals surface area contributed by atoms with Crippen molar-refractivity contribution in [2.24, 2.45) is 5.73 Å². The third-order valence-corrected chi connectivity index (χ3v) is 3.61. The Morgan fingerprint density at radius 2 is 1.85 bits per heavy atom. The van der Waals surface area contributed by atoms with Gasteiger partial charge in [0.05, 0.1) is 5.75 Å². The minimum Gasteiger partial charge on any atom is -0.370 e. The van der Waals surface area contributed by atoms with Gasteiger partial charge in [0.25, 0.3) is 0 Å². The molecule has 0 heterocycles. The smallest absolute Gasteiger partial charge is 0.217 e. The lowest BCUT2D eigenvalue weighted by Crippen LogP contribution is -2.11. The van der Waals surface area contributed by atoms with E-state index in [1.807, 2.05) is 0 Å². The van der Waals surface area contributed by atoms with Crippen molar-refractivity contribution in [3.05, 3.63) is 0 Å². The number of nitrogens with two attached hydrogens (primary N) is 1. The van der Waals surface area contributed by atoms with E-state index in [0.29, 0.717) is 19.3 Å². The van der Waals surface area contributed by atoms with Crippen LogP contribution in [0.1, 0.15) is 32.6 Å². The van der Waals surface area contributed by atoms with Gasteiger partial charge in [-0.05, 0) is 12.8 Å². The second-order valence-corrected chi connectivity index (χ2v) is 5.49. The molecule has 0 aliphatic heterocycles. The van der Waals surface area contributed by atoms with Crippen LogP contribution in [0.3, 0.4) is 0 Å². The second kappa shape index (κ2) is 5.96. The number of unbranched alkanes of at least 4 members (excludes halogenated alkanes) is 2. The van der Waals surface area contributed by atoms with Gasteiger partial charge >= 0.3 is 0 Å². The van der Waals surface area contributed by atoms with E-state index in [1.54, 1.807) is 6.92 Å². The van der Waals surface area contributed by atoms with Crippen LogP contribution in [0.2, 0.25) is 0 Å². The molecule has 0 aliphatic carbocycles. The van der Waals surface area contributed by atoms with Crippen LogP contribution < -0.4 is 5.73 Å². The second-order valence-electron chi connectivity index (χ2n) is 3.01. The number of hydrogen-bond donors (Lipinski definition) is 1. The maximum Gasteiger partial charge on any atom is 0.217 e. The highest BCUT2D eigenvalue weighted by Crippen LogP contribution is 2.02. The van der Waals surface area contributed by atoms with Crippen molar-refractivity contribution in [1.29, 1.82) is 0 Å². The Balaban J connectivity index is 3.42. The fourth-order valence-electron chi connectivity index (χ4n) is 0.942. The molecule has 0 aromatic carbocycles. The highest BCUT2D eigenvalue weighted by atomic mass is 32.2. The number of carbonyl (C=O) groups excluding carboxylic acids is 1. The summed E-state index contributed by atoms with van der Waals surface area (Å²) in [6, 6.07) is 0. The molecular weight excluding hydrogens is 190 g/mol. The third-order valence-electron chi connectivity index (χ3n) is 1.82. The van der Waals surface area contributed by atoms with Gasteiger partial charge in [-0.3, -0.25) is 4.79 Å². The molecule has 13 heavy (non-hydrogen) atoms. The van der Waals surface area contributed by atoms with Crippen LogP contribution in [0, 0.1) is 0 Å². The number of carbonyl (C=O) groups is 1. The average Bonchev–Trinajstić information content (AvgIpc) is 2.03. The van der Waals surface area contributed by atoms with E-state index >= 15 is 0 Å².